The van der Waals surface area contributed by atoms with E-state index in [9.17, 15) is 0 Å². The van der Waals surface area contributed by atoms with E-state index < -0.39 is 0 Å². The average molecular weight is 458 g/mol. The smallest absolute Gasteiger partial charge is 0.158 e. The zero-order valence-electron chi connectivity index (χ0n) is 19.1. The first-order chi connectivity index (χ1) is 16.7. The molecule has 0 radical (unpaired) electrons. The summed E-state index contributed by atoms with van der Waals surface area (Å²) >= 11 is 0. The van der Waals surface area contributed by atoms with Crippen LogP contribution in [0.3, 0.4) is 0 Å². The lowest BCUT2D eigenvalue weighted by molar-refractivity contribution is 0.0342. The van der Waals surface area contributed by atoms with Crippen LogP contribution in [0, 0.1) is 6.92 Å². The number of H-pyrrole nitrogens is 1. The zero-order valence-corrected chi connectivity index (χ0v) is 19.1. The quantitative estimate of drug-likeness (QED) is 0.322. The molecule has 0 unspecified atom stereocenters. The minimum Gasteiger partial charge on any atom is -0.457 e. The third-order valence-electron chi connectivity index (χ3n) is 5.71. The third kappa shape index (κ3) is 4.85. The molecule has 0 saturated carbocycles. The van der Waals surface area contributed by atoms with Gasteiger partial charge in [0.15, 0.2) is 11.5 Å². The van der Waals surface area contributed by atoms with Crippen molar-refractivity contribution in [3.63, 3.8) is 0 Å². The molecule has 9 heteroatoms. The molecule has 0 bridgehead atoms. The van der Waals surface area contributed by atoms with Gasteiger partial charge in [0.2, 0.25) is 0 Å². The lowest BCUT2D eigenvalue weighted by Gasteiger charge is -2.26. The summed E-state index contributed by atoms with van der Waals surface area (Å²) in [6.45, 7) is 10.0. The molecular formula is C25H27N7O2. The van der Waals surface area contributed by atoms with Gasteiger partial charge in [-0.05, 0) is 48.4 Å². The zero-order chi connectivity index (χ0) is 23.3. The van der Waals surface area contributed by atoms with Gasteiger partial charge in [0.05, 0.1) is 18.9 Å². The Labute approximate surface area is 197 Å². The normalized spacial score (nSPS) is 14.9. The number of aliphatic imine (C=N–C) groups is 1. The van der Waals surface area contributed by atoms with Crippen molar-refractivity contribution < 1.29 is 9.47 Å². The summed E-state index contributed by atoms with van der Waals surface area (Å²) in [6.07, 6.45) is 6.84. The van der Waals surface area contributed by atoms with Crippen LogP contribution < -0.4 is 10.1 Å². The first-order valence-corrected chi connectivity index (χ1v) is 11.2. The lowest BCUT2D eigenvalue weighted by Crippen LogP contribution is -2.36. The molecule has 1 aliphatic heterocycles. The van der Waals surface area contributed by atoms with Crippen LogP contribution in [0.4, 0.5) is 5.69 Å². The van der Waals surface area contributed by atoms with E-state index in [1.165, 1.54) is 11.9 Å². The van der Waals surface area contributed by atoms with Gasteiger partial charge in [-0.15, -0.1) is 0 Å². The molecule has 4 aromatic rings. The number of amidine groups is 1. The van der Waals surface area contributed by atoms with Crippen molar-refractivity contribution in [1.29, 1.82) is 0 Å². The Morgan fingerprint density at radius 3 is 2.97 bits per heavy atom. The van der Waals surface area contributed by atoms with Crippen LogP contribution in [-0.2, 0) is 11.3 Å². The van der Waals surface area contributed by atoms with Crippen molar-refractivity contribution in [2.75, 3.05) is 31.6 Å². The van der Waals surface area contributed by atoms with Crippen LogP contribution in [0.2, 0.25) is 0 Å². The molecule has 34 heavy (non-hydrogen) atoms. The third-order valence-corrected chi connectivity index (χ3v) is 5.71. The minimum atomic E-state index is 0.706. The second kappa shape index (κ2) is 9.90. The molecule has 174 valence electrons. The molecular weight excluding hydrogens is 430 g/mol. The predicted molar refractivity (Wildman–Crippen MR) is 131 cm³/mol. The number of aryl methyl sites for hydroxylation is 1. The number of nitrogens with one attached hydrogen (secondary N) is 2. The Hall–Kier alpha value is -3.95. The van der Waals surface area contributed by atoms with Gasteiger partial charge >= 0.3 is 0 Å². The van der Waals surface area contributed by atoms with Crippen LogP contribution in [0.15, 0.2) is 72.9 Å². The van der Waals surface area contributed by atoms with Gasteiger partial charge in [-0.2, -0.15) is 5.10 Å². The molecule has 0 aliphatic carbocycles. The Morgan fingerprint density at radius 2 is 2.15 bits per heavy atom. The number of rotatable bonds is 7. The van der Waals surface area contributed by atoms with E-state index in [1.807, 2.05) is 49.6 Å². The summed E-state index contributed by atoms with van der Waals surface area (Å²) in [5.74, 6) is 2.19. The van der Waals surface area contributed by atoms with Crippen molar-refractivity contribution in [3.05, 3.63) is 84.7 Å². The highest BCUT2D eigenvalue weighted by atomic mass is 16.5. The second-order valence-electron chi connectivity index (χ2n) is 8.06. The van der Waals surface area contributed by atoms with Crippen molar-refractivity contribution >= 4 is 17.2 Å². The molecule has 0 atom stereocenters. The Balaban J connectivity index is 1.32. The van der Waals surface area contributed by atoms with E-state index in [0.29, 0.717) is 11.6 Å². The number of aromatic amines is 1. The highest BCUT2D eigenvalue weighted by Crippen LogP contribution is 2.28. The van der Waals surface area contributed by atoms with E-state index in [2.05, 4.69) is 42.9 Å². The molecule has 9 nitrogen and oxygen atoms in total. The maximum Gasteiger partial charge on any atom is 0.158 e. The molecule has 3 aromatic heterocycles. The van der Waals surface area contributed by atoms with Gasteiger partial charge < -0.3 is 19.8 Å². The fraction of sp³-hybridized carbons (Fsp3) is 0.240. The maximum atomic E-state index is 6.09. The minimum absolute atomic E-state index is 0.706. The Bertz CT molecular complexity index is 1320. The fourth-order valence-corrected chi connectivity index (χ4v) is 3.97. The van der Waals surface area contributed by atoms with Crippen LogP contribution in [-0.4, -0.2) is 56.6 Å². The summed E-state index contributed by atoms with van der Waals surface area (Å²) in [5, 5.41) is 7.55. The van der Waals surface area contributed by atoms with Crippen molar-refractivity contribution in [3.8, 4) is 11.5 Å². The van der Waals surface area contributed by atoms with E-state index in [-0.39, 0.29) is 0 Å². The fourth-order valence-electron chi connectivity index (χ4n) is 3.97. The molecule has 5 rings (SSSR count). The maximum absolute atomic E-state index is 6.09. The van der Waals surface area contributed by atoms with Crippen molar-refractivity contribution in [1.82, 2.24) is 24.5 Å². The highest BCUT2D eigenvalue weighted by molar-refractivity contribution is 6.08. The molecule has 1 aliphatic rings. The number of benzene rings is 1. The number of anilines is 1. The summed E-state index contributed by atoms with van der Waals surface area (Å²) < 4.78 is 13.3. The Kier molecular flexibility index (Phi) is 6.37. The summed E-state index contributed by atoms with van der Waals surface area (Å²) in [7, 11) is 0. The molecule has 2 N–H and O–H groups in total. The first kappa shape index (κ1) is 21.9. The predicted octanol–water partition coefficient (Wildman–Crippen LogP) is 3.99. The number of hydrogen-bond acceptors (Lipinski definition) is 6. The average Bonchev–Trinajstić information content (AvgIpc) is 3.50. The Morgan fingerprint density at radius 1 is 1.26 bits per heavy atom. The summed E-state index contributed by atoms with van der Waals surface area (Å²) in [5.41, 5.74) is 4.76. The standard InChI is InChI=1S/C25H27N7O2/c1-3-26-25(24-19(6-8-27-24)16-31-10-12-33-13-11-31)30-20-4-5-22(18(2)14-20)34-21-7-9-32-23(15-21)28-17-29-32/h3-9,14-15,17,27H,1,10-13,16H2,2H3,(H,26,30). The summed E-state index contributed by atoms with van der Waals surface area (Å²) in [6, 6.07) is 11.8. The molecule has 1 aromatic carbocycles. The van der Waals surface area contributed by atoms with Crippen molar-refractivity contribution in [2.45, 2.75) is 13.5 Å². The van der Waals surface area contributed by atoms with Crippen LogP contribution in [0.25, 0.3) is 5.65 Å². The van der Waals surface area contributed by atoms with Gasteiger partial charge in [0.25, 0.3) is 0 Å². The van der Waals surface area contributed by atoms with E-state index >= 15 is 0 Å². The van der Waals surface area contributed by atoms with E-state index in [1.54, 1.807) is 10.7 Å². The first-order valence-electron chi connectivity index (χ1n) is 11.2. The van der Waals surface area contributed by atoms with Gasteiger partial charge in [-0.1, -0.05) is 6.58 Å². The van der Waals surface area contributed by atoms with Gasteiger partial charge in [-0.3, -0.25) is 4.90 Å². The number of aromatic nitrogens is 4. The summed E-state index contributed by atoms with van der Waals surface area (Å²) in [4.78, 5) is 14.4. The van der Waals surface area contributed by atoms with Gasteiger partial charge in [0.1, 0.15) is 17.8 Å². The lowest BCUT2D eigenvalue weighted by atomic mass is 10.1. The molecule has 1 fully saturated rings. The second-order valence-corrected chi connectivity index (χ2v) is 8.06. The van der Waals surface area contributed by atoms with Gasteiger partial charge in [-0.25, -0.2) is 14.5 Å². The number of pyridine rings is 1. The van der Waals surface area contributed by atoms with Crippen LogP contribution in [0.5, 0.6) is 11.5 Å². The number of morpholine rings is 1. The largest absolute Gasteiger partial charge is 0.457 e. The molecule has 4 heterocycles. The SMILES string of the molecule is C=CN=C(Nc1ccc(Oc2ccn3ncnc3c2)c(C)c1)c1[nH]ccc1CN1CCOCC1. The number of hydrogen-bond donors (Lipinski definition) is 2. The van der Waals surface area contributed by atoms with E-state index in [4.69, 9.17) is 9.47 Å². The van der Waals surface area contributed by atoms with E-state index in [0.717, 1.165) is 61.2 Å². The van der Waals surface area contributed by atoms with Crippen LogP contribution in [0.1, 0.15) is 16.8 Å². The molecule has 0 amide bonds. The van der Waals surface area contributed by atoms with Crippen molar-refractivity contribution in [2.24, 2.45) is 4.99 Å². The number of nitrogens with zero attached hydrogens (tertiary/aromatic N) is 5. The number of fused-ring (bicyclic) bond motifs is 1. The molecule has 0 spiro atoms. The molecule has 1 saturated heterocycles. The van der Waals surface area contributed by atoms with Gasteiger partial charge in [0, 0.05) is 50.0 Å². The monoisotopic (exact) mass is 457 g/mol. The number of ether oxygens (including phenoxy) is 2. The topological polar surface area (TPSA) is 92.1 Å². The van der Waals surface area contributed by atoms with Crippen LogP contribution >= 0.6 is 0 Å². The highest BCUT2D eigenvalue weighted by Gasteiger charge is 2.17.